The zero-order valence-corrected chi connectivity index (χ0v) is 15.5. The van der Waals surface area contributed by atoms with Crippen LogP contribution in [0.4, 0.5) is 0 Å². The lowest BCUT2D eigenvalue weighted by Gasteiger charge is -2.39. The van der Waals surface area contributed by atoms with E-state index in [4.69, 9.17) is 9.52 Å². The number of furan rings is 1. The topological polar surface area (TPSA) is 128 Å². The maximum atomic E-state index is 13.2. The summed E-state index contributed by atoms with van der Waals surface area (Å²) < 4.78 is 32.0. The molecule has 0 aromatic carbocycles. The third kappa shape index (κ3) is 3.05. The number of nitrogens with zero attached hydrogens (tertiary/aromatic N) is 2. The van der Waals surface area contributed by atoms with E-state index in [-0.39, 0.29) is 24.5 Å². The highest BCUT2D eigenvalue weighted by Crippen LogP contribution is 2.38. The lowest BCUT2D eigenvalue weighted by molar-refractivity contribution is -0.140. The summed E-state index contributed by atoms with van der Waals surface area (Å²) in [4.78, 5) is 25.9. The van der Waals surface area contributed by atoms with Crippen LogP contribution in [0, 0.1) is 0 Å². The quantitative estimate of drug-likeness (QED) is 0.762. The lowest BCUT2D eigenvalue weighted by atomic mass is 9.98. The Morgan fingerprint density at radius 2 is 1.78 bits per heavy atom. The van der Waals surface area contributed by atoms with Crippen molar-refractivity contribution in [2.75, 3.05) is 6.54 Å². The number of aliphatic hydroxyl groups excluding tert-OH is 1. The second-order valence-corrected chi connectivity index (χ2v) is 9.27. The molecule has 0 aliphatic carbocycles. The second kappa shape index (κ2) is 6.61. The summed E-state index contributed by atoms with van der Waals surface area (Å²) in [6, 6.07) is 1.30. The molecule has 9 nitrogen and oxygen atoms in total. The Bertz CT molecular complexity index is 850. The normalized spacial score (nSPS) is 31.4. The molecule has 1 amide bonds. The maximum absolute atomic E-state index is 13.2. The Kier molecular flexibility index (Phi) is 4.52. The van der Waals surface area contributed by atoms with Crippen molar-refractivity contribution in [2.45, 2.75) is 67.8 Å². The van der Waals surface area contributed by atoms with Crippen molar-refractivity contribution >= 4 is 21.9 Å². The molecule has 1 aromatic rings. The summed E-state index contributed by atoms with van der Waals surface area (Å²) >= 11 is 0. The molecular formula is C17H22N2O7S. The number of sulfonamides is 1. The third-order valence-electron chi connectivity index (χ3n) is 5.81. The van der Waals surface area contributed by atoms with Gasteiger partial charge in [0, 0.05) is 18.6 Å². The number of hydrogen-bond donors (Lipinski definition) is 2. The van der Waals surface area contributed by atoms with E-state index in [1.165, 1.54) is 0 Å². The molecule has 3 aliphatic rings. The molecule has 10 heteroatoms. The van der Waals surface area contributed by atoms with E-state index in [9.17, 15) is 23.1 Å². The van der Waals surface area contributed by atoms with Crippen molar-refractivity contribution in [3.8, 4) is 0 Å². The number of carbonyl (C=O) groups is 2. The van der Waals surface area contributed by atoms with E-state index in [0.717, 1.165) is 29.3 Å². The molecule has 27 heavy (non-hydrogen) atoms. The smallest absolute Gasteiger partial charge is 0.371 e. The number of fused-ring (bicyclic) bond motifs is 2. The highest BCUT2D eigenvalue weighted by molar-refractivity contribution is 7.89. The zero-order chi connectivity index (χ0) is 19.3. The first-order valence-electron chi connectivity index (χ1n) is 9.14. The van der Waals surface area contributed by atoms with Crippen LogP contribution in [0.25, 0.3) is 0 Å². The van der Waals surface area contributed by atoms with Crippen LogP contribution in [-0.4, -0.2) is 70.5 Å². The van der Waals surface area contributed by atoms with E-state index < -0.39 is 39.0 Å². The van der Waals surface area contributed by atoms with Crippen LogP contribution in [0.3, 0.4) is 0 Å². The molecule has 3 fully saturated rings. The van der Waals surface area contributed by atoms with E-state index in [1.807, 2.05) is 0 Å². The highest BCUT2D eigenvalue weighted by Gasteiger charge is 2.49. The van der Waals surface area contributed by atoms with Gasteiger partial charge in [-0.05, 0) is 50.7 Å². The predicted molar refractivity (Wildman–Crippen MR) is 91.5 cm³/mol. The summed E-state index contributed by atoms with van der Waals surface area (Å²) in [5, 5.41) is 18.4. The number of carboxylic acid groups (broad SMARTS) is 1. The average Bonchev–Trinajstić information content (AvgIpc) is 3.32. The van der Waals surface area contributed by atoms with Gasteiger partial charge >= 0.3 is 5.97 Å². The van der Waals surface area contributed by atoms with Gasteiger partial charge in [-0.3, -0.25) is 4.79 Å². The molecule has 4 heterocycles. The van der Waals surface area contributed by atoms with Gasteiger partial charge < -0.3 is 19.5 Å². The molecular weight excluding hydrogens is 376 g/mol. The first kappa shape index (κ1) is 18.5. The van der Waals surface area contributed by atoms with Gasteiger partial charge in [-0.2, -0.15) is 4.31 Å². The van der Waals surface area contributed by atoms with E-state index >= 15 is 0 Å². The van der Waals surface area contributed by atoms with Gasteiger partial charge in [-0.1, -0.05) is 0 Å². The van der Waals surface area contributed by atoms with Crippen molar-refractivity contribution in [3.05, 3.63) is 17.9 Å². The van der Waals surface area contributed by atoms with Crippen LogP contribution in [-0.2, 0) is 14.8 Å². The third-order valence-corrected chi connectivity index (χ3v) is 7.59. The van der Waals surface area contributed by atoms with Gasteiger partial charge in [0.25, 0.3) is 10.0 Å². The minimum absolute atomic E-state index is 0.0429. The van der Waals surface area contributed by atoms with Crippen LogP contribution >= 0.6 is 0 Å². The number of hydrogen-bond acceptors (Lipinski definition) is 6. The van der Waals surface area contributed by atoms with E-state index in [0.29, 0.717) is 25.7 Å². The van der Waals surface area contributed by atoms with Crippen LogP contribution in [0.5, 0.6) is 0 Å². The maximum Gasteiger partial charge on any atom is 0.371 e. The summed E-state index contributed by atoms with van der Waals surface area (Å²) in [5.41, 5.74) is 0. The molecule has 3 aliphatic heterocycles. The Hall–Kier alpha value is -1.91. The van der Waals surface area contributed by atoms with Crippen molar-refractivity contribution in [1.82, 2.24) is 9.21 Å². The molecule has 3 saturated heterocycles. The Morgan fingerprint density at radius 1 is 1.11 bits per heavy atom. The van der Waals surface area contributed by atoms with Crippen molar-refractivity contribution in [1.29, 1.82) is 0 Å². The zero-order valence-electron chi connectivity index (χ0n) is 14.7. The van der Waals surface area contributed by atoms with Gasteiger partial charge in [0.2, 0.25) is 16.8 Å². The van der Waals surface area contributed by atoms with E-state index in [1.54, 1.807) is 4.90 Å². The van der Waals surface area contributed by atoms with Crippen molar-refractivity contribution < 1.29 is 32.6 Å². The molecule has 2 bridgehead atoms. The molecule has 0 spiro atoms. The largest absolute Gasteiger partial charge is 0.475 e. The minimum atomic E-state index is -4.10. The molecule has 148 valence electrons. The first-order valence-corrected chi connectivity index (χ1v) is 10.6. The monoisotopic (exact) mass is 398 g/mol. The fourth-order valence-corrected chi connectivity index (χ4v) is 6.21. The predicted octanol–water partition coefficient (Wildman–Crippen LogP) is 0.645. The fourth-order valence-electron chi connectivity index (χ4n) is 4.64. The molecule has 3 unspecified atom stereocenters. The molecule has 2 N–H and O–H groups in total. The average molecular weight is 398 g/mol. The number of piperidine rings is 1. The number of amides is 1. The number of carboxylic acids is 1. The molecule has 0 saturated carbocycles. The van der Waals surface area contributed by atoms with Gasteiger partial charge in [0.05, 0.1) is 6.10 Å². The Labute approximate surface area is 156 Å². The van der Waals surface area contributed by atoms with E-state index in [2.05, 4.69) is 0 Å². The summed E-state index contributed by atoms with van der Waals surface area (Å²) in [5.74, 6) is -2.03. The van der Waals surface area contributed by atoms with Crippen molar-refractivity contribution in [3.63, 3.8) is 0 Å². The molecule has 3 atom stereocenters. The van der Waals surface area contributed by atoms with Crippen LogP contribution < -0.4 is 0 Å². The van der Waals surface area contributed by atoms with Crippen LogP contribution in [0.2, 0.25) is 0 Å². The lowest BCUT2D eigenvalue weighted by Crippen LogP contribution is -2.54. The van der Waals surface area contributed by atoms with Gasteiger partial charge in [0.15, 0.2) is 0 Å². The van der Waals surface area contributed by atoms with Gasteiger partial charge in [-0.15, -0.1) is 0 Å². The summed E-state index contributed by atoms with van der Waals surface area (Å²) in [6.07, 6.45) is 3.27. The first-order chi connectivity index (χ1) is 12.8. The van der Waals surface area contributed by atoms with Crippen LogP contribution in [0.15, 0.2) is 21.6 Å². The van der Waals surface area contributed by atoms with Gasteiger partial charge in [-0.25, -0.2) is 13.2 Å². The van der Waals surface area contributed by atoms with Crippen molar-refractivity contribution in [2.24, 2.45) is 0 Å². The highest BCUT2D eigenvalue weighted by atomic mass is 32.2. The molecule has 0 radical (unpaired) electrons. The van der Waals surface area contributed by atoms with Gasteiger partial charge in [0.1, 0.15) is 6.04 Å². The fraction of sp³-hybridized carbons (Fsp3) is 0.647. The van der Waals surface area contributed by atoms with Crippen LogP contribution in [0.1, 0.15) is 49.1 Å². The number of aliphatic hydroxyl groups is 1. The number of aromatic carboxylic acids is 1. The number of carbonyl (C=O) groups excluding carboxylic acids is 1. The summed E-state index contributed by atoms with van der Waals surface area (Å²) in [6.45, 7) is 0.188. The Morgan fingerprint density at radius 3 is 2.37 bits per heavy atom. The number of rotatable bonds is 4. The standard InChI is InChI=1S/C17H22N2O7S/c20-12-8-10-3-4-11(9-12)19(10)16(21)13-2-1-7-18(13)27(24,25)15-6-5-14(26-15)17(22)23/h5-6,10-13,20H,1-4,7-9H2,(H,22,23). The summed E-state index contributed by atoms with van der Waals surface area (Å²) in [7, 11) is -4.10. The molecule has 1 aromatic heterocycles. The second-order valence-electron chi connectivity index (χ2n) is 7.45. The SMILES string of the molecule is O=C(O)c1ccc(S(=O)(=O)N2CCCC2C(=O)N2C3CCC2CC(O)C3)o1. The minimum Gasteiger partial charge on any atom is -0.475 e. The Balaban J connectivity index is 1.58. The molecule has 4 rings (SSSR count).